The normalized spacial score (nSPS) is 10.4. The fourth-order valence-corrected chi connectivity index (χ4v) is 1.22. The molecule has 0 bridgehead atoms. The molecule has 0 aliphatic rings. The van der Waals surface area contributed by atoms with E-state index in [1.54, 1.807) is 0 Å². The van der Waals surface area contributed by atoms with Crippen molar-refractivity contribution >= 4 is 5.97 Å². The van der Waals surface area contributed by atoms with E-state index in [0.29, 0.717) is 12.5 Å². The number of aromatic carboxylic acids is 1. The molecule has 1 rings (SSSR count). The summed E-state index contributed by atoms with van der Waals surface area (Å²) in [6, 6.07) is 0.299. The van der Waals surface area contributed by atoms with Crippen LogP contribution in [0.1, 0.15) is 30.1 Å². The monoisotopic (exact) mass is 248 g/mol. The first-order valence-corrected chi connectivity index (χ1v) is 5.02. The molecule has 0 atom stereocenters. The molecule has 1 aromatic rings. The average molecular weight is 248 g/mol. The molecular weight excluding hydrogens is 237 g/mol. The predicted octanol–water partition coefficient (Wildman–Crippen LogP) is 2.98. The molecule has 0 amide bonds. The molecule has 1 N–H and O–H groups in total. The number of rotatable bonds is 5. The van der Waals surface area contributed by atoms with Crippen LogP contribution in [-0.2, 0) is 0 Å². The lowest BCUT2D eigenvalue weighted by molar-refractivity contribution is 0.0684. The quantitative estimate of drug-likeness (QED) is 0.815. The van der Waals surface area contributed by atoms with E-state index in [-0.39, 0.29) is 6.61 Å². The Morgan fingerprint density at radius 1 is 1.35 bits per heavy atom. The fraction of sp³-hybridized carbons (Fsp3) is 0.364. The Morgan fingerprint density at radius 2 is 2.00 bits per heavy atom. The zero-order valence-electron chi connectivity index (χ0n) is 9.10. The van der Waals surface area contributed by atoms with Gasteiger partial charge in [-0.1, -0.05) is 13.3 Å². The van der Waals surface area contributed by atoms with Crippen molar-refractivity contribution in [2.24, 2.45) is 0 Å². The van der Waals surface area contributed by atoms with Crippen LogP contribution in [0.25, 0.3) is 0 Å². The summed E-state index contributed by atoms with van der Waals surface area (Å²) >= 11 is 0. The van der Waals surface area contributed by atoms with Crippen molar-refractivity contribution in [2.45, 2.75) is 19.8 Å². The molecule has 0 saturated heterocycles. The van der Waals surface area contributed by atoms with E-state index >= 15 is 0 Å². The lowest BCUT2D eigenvalue weighted by Crippen LogP contribution is -2.10. The zero-order valence-corrected chi connectivity index (χ0v) is 9.10. The standard InChI is InChI=1S/C11H11F3O3/c1-2-3-4-17-10-7(13)5-6(12)8(9(10)14)11(15)16/h5H,2-4H2,1H3,(H,15,16). The summed E-state index contributed by atoms with van der Waals surface area (Å²) in [7, 11) is 0. The van der Waals surface area contributed by atoms with Gasteiger partial charge in [-0.05, 0) is 6.42 Å². The molecule has 0 heterocycles. The molecule has 17 heavy (non-hydrogen) atoms. The van der Waals surface area contributed by atoms with Gasteiger partial charge in [-0.25, -0.2) is 18.0 Å². The number of unbranched alkanes of at least 4 members (excludes halogenated alkanes) is 1. The minimum absolute atomic E-state index is 0.0367. The Morgan fingerprint density at radius 3 is 2.53 bits per heavy atom. The van der Waals surface area contributed by atoms with Crippen LogP contribution in [0.4, 0.5) is 13.2 Å². The van der Waals surface area contributed by atoms with E-state index < -0.39 is 34.7 Å². The molecule has 3 nitrogen and oxygen atoms in total. The van der Waals surface area contributed by atoms with Crippen molar-refractivity contribution in [3.63, 3.8) is 0 Å². The maximum atomic E-state index is 13.5. The zero-order chi connectivity index (χ0) is 13.0. The van der Waals surface area contributed by atoms with Crippen LogP contribution < -0.4 is 4.74 Å². The third-order valence-corrected chi connectivity index (χ3v) is 2.09. The van der Waals surface area contributed by atoms with Crippen LogP contribution in [0.15, 0.2) is 6.07 Å². The Hall–Kier alpha value is -1.72. The summed E-state index contributed by atoms with van der Waals surface area (Å²) in [6.45, 7) is 1.89. The molecule has 0 aliphatic heterocycles. The number of benzene rings is 1. The third kappa shape index (κ3) is 2.89. The smallest absolute Gasteiger partial charge is 0.341 e. The van der Waals surface area contributed by atoms with Crippen LogP contribution in [0.3, 0.4) is 0 Å². The molecule has 1 aromatic carbocycles. The molecule has 0 radical (unpaired) electrons. The van der Waals surface area contributed by atoms with Gasteiger partial charge in [-0.2, -0.15) is 0 Å². The van der Waals surface area contributed by atoms with Gasteiger partial charge >= 0.3 is 5.97 Å². The third-order valence-electron chi connectivity index (χ3n) is 2.09. The van der Waals surface area contributed by atoms with Gasteiger partial charge < -0.3 is 9.84 Å². The van der Waals surface area contributed by atoms with Gasteiger partial charge in [0.25, 0.3) is 0 Å². The Labute approximate surface area is 95.8 Å². The van der Waals surface area contributed by atoms with Crippen LogP contribution in [0.2, 0.25) is 0 Å². The summed E-state index contributed by atoms with van der Waals surface area (Å²) < 4.78 is 44.5. The summed E-state index contributed by atoms with van der Waals surface area (Å²) in [5.74, 6) is -6.89. The lowest BCUT2D eigenvalue weighted by Gasteiger charge is -2.09. The van der Waals surface area contributed by atoms with Gasteiger partial charge in [0.2, 0.25) is 0 Å². The topological polar surface area (TPSA) is 46.5 Å². The van der Waals surface area contributed by atoms with Crippen molar-refractivity contribution in [1.82, 2.24) is 0 Å². The summed E-state index contributed by atoms with van der Waals surface area (Å²) in [5.41, 5.74) is -1.21. The first-order chi connectivity index (χ1) is 7.99. The molecule has 0 fully saturated rings. The second-order valence-corrected chi connectivity index (χ2v) is 3.37. The SMILES string of the molecule is CCCCOc1c(F)cc(F)c(C(=O)O)c1F. The summed E-state index contributed by atoms with van der Waals surface area (Å²) in [4.78, 5) is 10.6. The number of ether oxygens (including phenoxy) is 1. The minimum Gasteiger partial charge on any atom is -0.488 e. The number of halogens is 3. The predicted molar refractivity (Wildman–Crippen MR) is 53.7 cm³/mol. The van der Waals surface area contributed by atoms with Crippen molar-refractivity contribution in [3.05, 3.63) is 29.1 Å². The number of carboxylic acids is 1. The second kappa shape index (κ2) is 5.56. The maximum absolute atomic E-state index is 13.5. The summed E-state index contributed by atoms with van der Waals surface area (Å²) in [6.07, 6.45) is 1.30. The van der Waals surface area contributed by atoms with Gasteiger partial charge in [0.15, 0.2) is 17.4 Å². The van der Waals surface area contributed by atoms with Crippen LogP contribution in [0, 0.1) is 17.5 Å². The first-order valence-electron chi connectivity index (χ1n) is 5.02. The van der Waals surface area contributed by atoms with E-state index in [4.69, 9.17) is 9.84 Å². The van der Waals surface area contributed by atoms with Gasteiger partial charge in [-0.15, -0.1) is 0 Å². The van der Waals surface area contributed by atoms with Crippen LogP contribution in [0.5, 0.6) is 5.75 Å². The molecule has 0 spiro atoms. The highest BCUT2D eigenvalue weighted by Crippen LogP contribution is 2.27. The van der Waals surface area contributed by atoms with Crippen LogP contribution >= 0.6 is 0 Å². The van der Waals surface area contributed by atoms with Crippen molar-refractivity contribution in [2.75, 3.05) is 6.61 Å². The number of carboxylic acid groups (broad SMARTS) is 1. The summed E-state index contributed by atoms with van der Waals surface area (Å²) in [5, 5.41) is 8.58. The van der Waals surface area contributed by atoms with E-state index in [1.807, 2.05) is 6.92 Å². The maximum Gasteiger partial charge on any atom is 0.341 e. The van der Waals surface area contributed by atoms with E-state index in [1.165, 1.54) is 0 Å². The Kier molecular flexibility index (Phi) is 4.37. The molecule has 0 saturated carbocycles. The number of hydrogen-bond acceptors (Lipinski definition) is 2. The van der Waals surface area contributed by atoms with Gasteiger partial charge in [0, 0.05) is 6.07 Å². The molecular formula is C11H11F3O3. The second-order valence-electron chi connectivity index (χ2n) is 3.37. The molecule has 0 unspecified atom stereocenters. The van der Waals surface area contributed by atoms with Crippen molar-refractivity contribution < 1.29 is 27.8 Å². The van der Waals surface area contributed by atoms with Gasteiger partial charge in [0.1, 0.15) is 11.4 Å². The molecule has 94 valence electrons. The Balaban J connectivity index is 3.12. The van der Waals surface area contributed by atoms with Crippen molar-refractivity contribution in [1.29, 1.82) is 0 Å². The van der Waals surface area contributed by atoms with Crippen LogP contribution in [-0.4, -0.2) is 17.7 Å². The highest BCUT2D eigenvalue weighted by Gasteiger charge is 2.24. The van der Waals surface area contributed by atoms with Gasteiger partial charge in [-0.3, -0.25) is 0 Å². The molecule has 6 heteroatoms. The largest absolute Gasteiger partial charge is 0.488 e. The molecule has 0 aliphatic carbocycles. The lowest BCUT2D eigenvalue weighted by atomic mass is 10.1. The van der Waals surface area contributed by atoms with E-state index in [0.717, 1.165) is 6.42 Å². The van der Waals surface area contributed by atoms with Gasteiger partial charge in [0.05, 0.1) is 6.61 Å². The number of carbonyl (C=O) groups is 1. The Bertz CT molecular complexity index is 432. The van der Waals surface area contributed by atoms with Crippen molar-refractivity contribution in [3.8, 4) is 5.75 Å². The first kappa shape index (κ1) is 13.3. The number of hydrogen-bond donors (Lipinski definition) is 1. The highest BCUT2D eigenvalue weighted by molar-refractivity contribution is 5.88. The average Bonchev–Trinajstić information content (AvgIpc) is 2.21. The fourth-order valence-electron chi connectivity index (χ4n) is 1.22. The van der Waals surface area contributed by atoms with E-state index in [2.05, 4.69) is 0 Å². The molecule has 0 aromatic heterocycles. The minimum atomic E-state index is -1.81. The van der Waals surface area contributed by atoms with E-state index in [9.17, 15) is 18.0 Å². The highest BCUT2D eigenvalue weighted by atomic mass is 19.1.